The van der Waals surface area contributed by atoms with Crippen molar-refractivity contribution in [3.8, 4) is 0 Å². The van der Waals surface area contributed by atoms with Crippen LogP contribution in [0.15, 0.2) is 53.4 Å². The summed E-state index contributed by atoms with van der Waals surface area (Å²) in [6.07, 6.45) is 0.921. The van der Waals surface area contributed by atoms with Crippen molar-refractivity contribution >= 4 is 37.5 Å². The number of rotatable bonds is 6. The molecule has 0 radical (unpaired) electrons. The van der Waals surface area contributed by atoms with Crippen LogP contribution in [0.4, 0.5) is 0 Å². The first kappa shape index (κ1) is 21.9. The van der Waals surface area contributed by atoms with Crippen molar-refractivity contribution in [1.82, 2.24) is 9.29 Å². The Bertz CT molecular complexity index is 1130. The zero-order chi connectivity index (χ0) is 22.0. The Balaban J connectivity index is 1.32. The number of carbonyl (C=O) groups is 1. The van der Waals surface area contributed by atoms with E-state index >= 15 is 0 Å². The summed E-state index contributed by atoms with van der Waals surface area (Å²) in [6, 6.07) is 14.9. The summed E-state index contributed by atoms with van der Waals surface area (Å²) < 4.78 is 33.9. The van der Waals surface area contributed by atoms with Crippen LogP contribution < -0.4 is 0 Å². The Labute approximate surface area is 186 Å². The third-order valence-corrected chi connectivity index (χ3v) is 8.57. The van der Waals surface area contributed by atoms with Gasteiger partial charge in [-0.2, -0.15) is 4.31 Å². The fraction of sp³-hybridized carbons (Fsp3) is 0.391. The number of hydrogen-bond acceptors (Lipinski definition) is 6. The highest BCUT2D eigenvalue weighted by Crippen LogP contribution is 2.27. The first-order valence-corrected chi connectivity index (χ1v) is 12.7. The maximum atomic E-state index is 12.9. The zero-order valence-electron chi connectivity index (χ0n) is 17.7. The summed E-state index contributed by atoms with van der Waals surface area (Å²) in [5, 5.41) is 0.763. The summed E-state index contributed by atoms with van der Waals surface area (Å²) in [5.74, 6) is -0.219. The van der Waals surface area contributed by atoms with Crippen LogP contribution in [0.5, 0.6) is 0 Å². The summed E-state index contributed by atoms with van der Waals surface area (Å²) in [5.41, 5.74) is 2.01. The van der Waals surface area contributed by atoms with E-state index in [1.165, 1.54) is 15.6 Å². The van der Waals surface area contributed by atoms with E-state index < -0.39 is 10.0 Å². The lowest BCUT2D eigenvalue weighted by Crippen LogP contribution is -2.40. The normalized spacial score (nSPS) is 16.1. The fourth-order valence-corrected chi connectivity index (χ4v) is 6.09. The average Bonchev–Trinajstić information content (AvgIpc) is 3.20. The Morgan fingerprint density at radius 2 is 1.81 bits per heavy atom. The molecule has 4 rings (SSSR count). The molecule has 1 saturated heterocycles. The number of benzene rings is 2. The molecule has 1 fully saturated rings. The van der Waals surface area contributed by atoms with Crippen molar-refractivity contribution in [2.45, 2.75) is 44.1 Å². The van der Waals surface area contributed by atoms with Crippen LogP contribution in [0.1, 0.15) is 43.2 Å². The number of ether oxygens (including phenoxy) is 1. The van der Waals surface area contributed by atoms with Gasteiger partial charge in [0.1, 0.15) is 11.6 Å². The molecule has 0 atom stereocenters. The number of hydrogen-bond donors (Lipinski definition) is 0. The molecule has 2 heterocycles. The van der Waals surface area contributed by atoms with Crippen LogP contribution in [0.2, 0.25) is 0 Å². The van der Waals surface area contributed by atoms with Crippen LogP contribution in [0, 0.1) is 5.92 Å². The molecular weight excluding hydrogens is 432 g/mol. The molecule has 0 N–H and O–H groups in total. The highest BCUT2D eigenvalue weighted by molar-refractivity contribution is 7.89. The topological polar surface area (TPSA) is 76.6 Å². The van der Waals surface area contributed by atoms with Gasteiger partial charge in [-0.05, 0) is 48.6 Å². The van der Waals surface area contributed by atoms with Crippen molar-refractivity contribution in [1.29, 1.82) is 0 Å². The van der Waals surface area contributed by atoms with E-state index in [1.54, 1.807) is 12.1 Å². The van der Waals surface area contributed by atoms with Crippen LogP contribution >= 0.6 is 11.3 Å². The molecule has 0 amide bonds. The van der Waals surface area contributed by atoms with E-state index in [9.17, 15) is 13.2 Å². The highest BCUT2D eigenvalue weighted by atomic mass is 32.2. The highest BCUT2D eigenvalue weighted by Gasteiger charge is 2.33. The van der Waals surface area contributed by atoms with Gasteiger partial charge in [0.05, 0.1) is 21.0 Å². The number of thiazole rings is 1. The van der Waals surface area contributed by atoms with Gasteiger partial charge in [0, 0.05) is 13.1 Å². The molecule has 0 aliphatic carbocycles. The predicted molar refractivity (Wildman–Crippen MR) is 121 cm³/mol. The van der Waals surface area contributed by atoms with Crippen molar-refractivity contribution in [2.24, 2.45) is 5.92 Å². The monoisotopic (exact) mass is 458 g/mol. The number of aromatic nitrogens is 1. The van der Waals surface area contributed by atoms with Gasteiger partial charge < -0.3 is 4.74 Å². The van der Waals surface area contributed by atoms with Gasteiger partial charge in [-0.25, -0.2) is 13.4 Å². The van der Waals surface area contributed by atoms with Crippen LogP contribution in [0.25, 0.3) is 10.2 Å². The Morgan fingerprint density at radius 3 is 2.45 bits per heavy atom. The molecule has 6 nitrogen and oxygen atoms in total. The molecule has 8 heteroatoms. The number of nitrogens with zero attached hydrogens (tertiary/aromatic N) is 2. The van der Waals surface area contributed by atoms with Crippen LogP contribution in [-0.2, 0) is 26.2 Å². The standard InChI is InChI=1S/C23H26N2O4S2/c1-16(2)17-7-9-19(10-8-17)31(27,28)25-13-11-18(12-14-25)23(26)29-15-22-24-20-5-3-4-6-21(20)30-22/h3-10,16,18H,11-15H2,1-2H3. The molecule has 0 saturated carbocycles. The smallest absolute Gasteiger partial charge is 0.309 e. The number of para-hydroxylation sites is 1. The summed E-state index contributed by atoms with van der Waals surface area (Å²) in [4.78, 5) is 17.3. The van der Waals surface area contributed by atoms with Gasteiger partial charge in [-0.15, -0.1) is 11.3 Å². The Hall–Kier alpha value is -2.29. The van der Waals surface area contributed by atoms with Gasteiger partial charge in [0.15, 0.2) is 0 Å². The fourth-order valence-electron chi connectivity index (χ4n) is 3.74. The Morgan fingerprint density at radius 1 is 1.13 bits per heavy atom. The summed E-state index contributed by atoms with van der Waals surface area (Å²) in [6.45, 7) is 4.93. The molecule has 3 aromatic rings. The van der Waals surface area contributed by atoms with Gasteiger partial charge in [0.2, 0.25) is 10.0 Å². The summed E-state index contributed by atoms with van der Waals surface area (Å²) >= 11 is 1.51. The lowest BCUT2D eigenvalue weighted by Gasteiger charge is -2.30. The second-order valence-electron chi connectivity index (χ2n) is 8.09. The minimum absolute atomic E-state index is 0.152. The lowest BCUT2D eigenvalue weighted by molar-refractivity contribution is -0.151. The molecule has 1 aliphatic rings. The van der Waals surface area contributed by atoms with E-state index in [0.717, 1.165) is 20.8 Å². The van der Waals surface area contributed by atoms with Gasteiger partial charge >= 0.3 is 5.97 Å². The first-order valence-electron chi connectivity index (χ1n) is 10.5. The van der Waals surface area contributed by atoms with Crippen molar-refractivity contribution < 1.29 is 17.9 Å². The zero-order valence-corrected chi connectivity index (χ0v) is 19.3. The molecule has 164 valence electrons. The Kier molecular flexibility index (Phi) is 6.41. The van der Waals surface area contributed by atoms with Crippen molar-refractivity contribution in [3.63, 3.8) is 0 Å². The third-order valence-electron chi connectivity index (χ3n) is 5.65. The molecule has 31 heavy (non-hydrogen) atoms. The van der Waals surface area contributed by atoms with Gasteiger partial charge in [-0.1, -0.05) is 38.1 Å². The van der Waals surface area contributed by atoms with E-state index in [2.05, 4.69) is 18.8 Å². The quantitative estimate of drug-likeness (QED) is 0.506. The number of sulfonamides is 1. The second-order valence-corrected chi connectivity index (χ2v) is 11.1. The van der Waals surface area contributed by atoms with E-state index in [-0.39, 0.29) is 18.5 Å². The van der Waals surface area contributed by atoms with E-state index in [4.69, 9.17) is 4.74 Å². The average molecular weight is 459 g/mol. The number of esters is 1. The van der Waals surface area contributed by atoms with Gasteiger partial charge in [0.25, 0.3) is 0 Å². The van der Waals surface area contributed by atoms with Crippen molar-refractivity contribution in [3.05, 3.63) is 59.1 Å². The first-order chi connectivity index (χ1) is 14.8. The second kappa shape index (κ2) is 9.06. The number of carbonyl (C=O) groups excluding carboxylic acids is 1. The molecule has 0 bridgehead atoms. The molecule has 0 unspecified atom stereocenters. The number of piperidine rings is 1. The molecular formula is C23H26N2O4S2. The van der Waals surface area contributed by atoms with Crippen LogP contribution in [0.3, 0.4) is 0 Å². The maximum Gasteiger partial charge on any atom is 0.309 e. The molecule has 1 aromatic heterocycles. The lowest BCUT2D eigenvalue weighted by atomic mass is 9.98. The predicted octanol–water partition coefficient (Wildman–Crippen LogP) is 4.56. The SMILES string of the molecule is CC(C)c1ccc(S(=O)(=O)N2CCC(C(=O)OCc3nc4ccccc4s3)CC2)cc1. The molecule has 2 aromatic carbocycles. The third kappa shape index (κ3) is 4.81. The molecule has 0 spiro atoms. The van der Waals surface area contributed by atoms with Crippen molar-refractivity contribution in [2.75, 3.05) is 13.1 Å². The maximum absolute atomic E-state index is 12.9. The number of fused-ring (bicyclic) bond motifs is 1. The van der Waals surface area contributed by atoms with E-state index in [0.29, 0.717) is 36.7 Å². The summed E-state index contributed by atoms with van der Waals surface area (Å²) in [7, 11) is -3.55. The minimum Gasteiger partial charge on any atom is -0.458 e. The van der Waals surface area contributed by atoms with Gasteiger partial charge in [-0.3, -0.25) is 4.79 Å². The van der Waals surface area contributed by atoms with E-state index in [1.807, 2.05) is 36.4 Å². The van der Waals surface area contributed by atoms with Crippen LogP contribution in [-0.4, -0.2) is 36.8 Å². The molecule has 1 aliphatic heterocycles. The largest absolute Gasteiger partial charge is 0.458 e. The minimum atomic E-state index is -3.55.